The number of nitriles is 1. The maximum absolute atomic E-state index is 12.1. The van der Waals surface area contributed by atoms with E-state index >= 15 is 0 Å². The number of carbonyl (C=O) groups excluding carboxylic acids is 1. The van der Waals surface area contributed by atoms with Crippen molar-refractivity contribution in [2.24, 2.45) is 0 Å². The van der Waals surface area contributed by atoms with Crippen molar-refractivity contribution < 1.29 is 9.53 Å². The third kappa shape index (κ3) is 4.49. The van der Waals surface area contributed by atoms with E-state index < -0.39 is 5.91 Å². The number of anilines is 1. The van der Waals surface area contributed by atoms with Gasteiger partial charge in [-0.1, -0.05) is 29.3 Å². The summed E-state index contributed by atoms with van der Waals surface area (Å²) in [6.45, 7) is 0. The topological polar surface area (TPSA) is 62.1 Å². The van der Waals surface area contributed by atoms with Gasteiger partial charge in [-0.2, -0.15) is 5.26 Å². The van der Waals surface area contributed by atoms with Crippen molar-refractivity contribution in [3.05, 3.63) is 63.6 Å². The van der Waals surface area contributed by atoms with E-state index in [1.807, 2.05) is 6.07 Å². The van der Waals surface area contributed by atoms with Gasteiger partial charge in [-0.3, -0.25) is 4.79 Å². The maximum Gasteiger partial charge on any atom is 0.266 e. The molecular weight excluding hydrogens is 335 g/mol. The van der Waals surface area contributed by atoms with Crippen molar-refractivity contribution in [1.29, 1.82) is 5.26 Å². The molecule has 0 aliphatic heterocycles. The first-order chi connectivity index (χ1) is 11.0. The van der Waals surface area contributed by atoms with Gasteiger partial charge in [0.05, 0.1) is 12.1 Å². The Morgan fingerprint density at radius 1 is 1.22 bits per heavy atom. The van der Waals surface area contributed by atoms with Gasteiger partial charge < -0.3 is 10.1 Å². The van der Waals surface area contributed by atoms with Gasteiger partial charge in [-0.15, -0.1) is 0 Å². The lowest BCUT2D eigenvalue weighted by molar-refractivity contribution is -0.112. The van der Waals surface area contributed by atoms with Gasteiger partial charge in [0, 0.05) is 10.7 Å². The Labute approximate surface area is 143 Å². The van der Waals surface area contributed by atoms with Crippen molar-refractivity contribution in [2.45, 2.75) is 0 Å². The van der Waals surface area contributed by atoms with Crippen molar-refractivity contribution >= 4 is 40.9 Å². The summed E-state index contributed by atoms with van der Waals surface area (Å²) in [5.41, 5.74) is 1.13. The summed E-state index contributed by atoms with van der Waals surface area (Å²) >= 11 is 11.8. The van der Waals surface area contributed by atoms with Crippen LogP contribution < -0.4 is 10.1 Å². The number of ether oxygens (including phenoxy) is 1. The molecular formula is C17H12Cl2N2O2. The standard InChI is InChI=1S/C17H12Cl2N2O2/c1-23-16-7-2-11(9-15(16)19)8-12(10-20)17(22)21-14-5-3-13(18)4-6-14/h2-9H,1H3,(H,21,22). The number of halogens is 2. The highest BCUT2D eigenvalue weighted by atomic mass is 35.5. The first-order valence-corrected chi connectivity index (χ1v) is 7.31. The van der Waals surface area contributed by atoms with Crippen molar-refractivity contribution in [3.8, 4) is 11.8 Å². The molecule has 0 aliphatic carbocycles. The van der Waals surface area contributed by atoms with E-state index in [-0.39, 0.29) is 5.57 Å². The number of benzene rings is 2. The molecule has 0 aromatic heterocycles. The highest BCUT2D eigenvalue weighted by Gasteiger charge is 2.10. The molecule has 0 saturated carbocycles. The van der Waals surface area contributed by atoms with Crippen molar-refractivity contribution in [1.82, 2.24) is 0 Å². The Morgan fingerprint density at radius 3 is 2.48 bits per heavy atom. The van der Waals surface area contributed by atoms with Crippen LogP contribution in [0, 0.1) is 11.3 Å². The van der Waals surface area contributed by atoms with Crippen LogP contribution in [0.1, 0.15) is 5.56 Å². The van der Waals surface area contributed by atoms with E-state index in [2.05, 4.69) is 5.32 Å². The number of methoxy groups -OCH3 is 1. The van der Waals surface area contributed by atoms with Crippen LogP contribution in [-0.4, -0.2) is 13.0 Å². The molecule has 0 radical (unpaired) electrons. The molecule has 6 heteroatoms. The van der Waals surface area contributed by atoms with Crippen LogP contribution in [0.2, 0.25) is 10.0 Å². The van der Waals surface area contributed by atoms with Crippen LogP contribution in [0.15, 0.2) is 48.0 Å². The quantitative estimate of drug-likeness (QED) is 0.652. The average molecular weight is 347 g/mol. The molecule has 0 atom stereocenters. The predicted molar refractivity (Wildman–Crippen MR) is 91.7 cm³/mol. The number of nitrogens with one attached hydrogen (secondary N) is 1. The molecule has 2 rings (SSSR count). The molecule has 0 bridgehead atoms. The average Bonchev–Trinajstić information content (AvgIpc) is 2.54. The first kappa shape index (κ1) is 16.9. The van der Waals surface area contributed by atoms with Gasteiger partial charge >= 0.3 is 0 Å². The van der Waals surface area contributed by atoms with Gasteiger partial charge in [0.15, 0.2) is 0 Å². The van der Waals surface area contributed by atoms with Crippen LogP contribution >= 0.6 is 23.2 Å². The van der Waals surface area contributed by atoms with Crippen LogP contribution in [0.5, 0.6) is 5.75 Å². The summed E-state index contributed by atoms with van der Waals surface area (Å²) in [5, 5.41) is 12.8. The SMILES string of the molecule is COc1ccc(C=C(C#N)C(=O)Nc2ccc(Cl)cc2)cc1Cl. The molecule has 2 aromatic rings. The summed E-state index contributed by atoms with van der Waals surface area (Å²) in [6.07, 6.45) is 1.45. The van der Waals surface area contributed by atoms with Crippen molar-refractivity contribution in [2.75, 3.05) is 12.4 Å². The molecule has 0 aliphatic rings. The number of hydrogen-bond donors (Lipinski definition) is 1. The largest absolute Gasteiger partial charge is 0.495 e. The zero-order valence-electron chi connectivity index (χ0n) is 12.1. The minimum absolute atomic E-state index is 0.0406. The van der Waals surface area contributed by atoms with E-state index in [0.29, 0.717) is 27.0 Å². The van der Waals surface area contributed by atoms with E-state index in [0.717, 1.165) is 0 Å². The number of nitrogens with zero attached hydrogens (tertiary/aromatic N) is 1. The van der Waals surface area contributed by atoms with Gasteiger partial charge in [-0.05, 0) is 48.0 Å². The summed E-state index contributed by atoms with van der Waals surface area (Å²) in [6, 6.07) is 13.5. The smallest absolute Gasteiger partial charge is 0.266 e. The Hall–Kier alpha value is -2.48. The first-order valence-electron chi connectivity index (χ1n) is 6.55. The van der Waals surface area contributed by atoms with Crippen LogP contribution in [0.4, 0.5) is 5.69 Å². The van der Waals surface area contributed by atoms with E-state index in [9.17, 15) is 10.1 Å². The number of hydrogen-bond acceptors (Lipinski definition) is 3. The Morgan fingerprint density at radius 2 is 1.91 bits per heavy atom. The molecule has 23 heavy (non-hydrogen) atoms. The van der Waals surface area contributed by atoms with Gasteiger partial charge in [0.25, 0.3) is 5.91 Å². The number of carbonyl (C=O) groups is 1. The van der Waals surface area contributed by atoms with E-state index in [4.69, 9.17) is 27.9 Å². The molecule has 4 nitrogen and oxygen atoms in total. The zero-order chi connectivity index (χ0) is 16.8. The fraction of sp³-hybridized carbons (Fsp3) is 0.0588. The molecule has 0 unspecified atom stereocenters. The van der Waals surface area contributed by atoms with Gasteiger partial charge in [0.1, 0.15) is 17.4 Å². The minimum Gasteiger partial charge on any atom is -0.495 e. The fourth-order valence-corrected chi connectivity index (χ4v) is 2.21. The second-order valence-electron chi connectivity index (χ2n) is 4.52. The fourth-order valence-electron chi connectivity index (χ4n) is 1.82. The molecule has 0 heterocycles. The molecule has 0 spiro atoms. The molecule has 0 fully saturated rings. The highest BCUT2D eigenvalue weighted by Crippen LogP contribution is 2.26. The lowest BCUT2D eigenvalue weighted by Crippen LogP contribution is -2.13. The normalized spacial score (nSPS) is 10.8. The second-order valence-corrected chi connectivity index (χ2v) is 5.37. The third-order valence-corrected chi connectivity index (χ3v) is 3.50. The van der Waals surface area contributed by atoms with Crippen LogP contribution in [0.3, 0.4) is 0 Å². The van der Waals surface area contributed by atoms with E-state index in [1.54, 1.807) is 42.5 Å². The molecule has 116 valence electrons. The van der Waals surface area contributed by atoms with E-state index in [1.165, 1.54) is 13.2 Å². The summed E-state index contributed by atoms with van der Waals surface area (Å²) in [7, 11) is 1.51. The van der Waals surface area contributed by atoms with Crippen LogP contribution in [0.25, 0.3) is 6.08 Å². The minimum atomic E-state index is -0.512. The second kappa shape index (κ2) is 7.68. The summed E-state index contributed by atoms with van der Waals surface area (Å²) in [5.74, 6) is 0.00898. The summed E-state index contributed by atoms with van der Waals surface area (Å²) < 4.78 is 5.06. The number of rotatable bonds is 4. The van der Waals surface area contributed by atoms with Crippen LogP contribution in [-0.2, 0) is 4.79 Å². The predicted octanol–water partition coefficient (Wildman–Crippen LogP) is 4.55. The number of amides is 1. The lowest BCUT2D eigenvalue weighted by Gasteiger charge is -2.05. The summed E-state index contributed by atoms with van der Waals surface area (Å²) in [4.78, 5) is 12.1. The highest BCUT2D eigenvalue weighted by molar-refractivity contribution is 6.32. The monoisotopic (exact) mass is 346 g/mol. The molecule has 1 amide bonds. The van der Waals surface area contributed by atoms with Gasteiger partial charge in [0.2, 0.25) is 0 Å². The third-order valence-electron chi connectivity index (χ3n) is 2.95. The van der Waals surface area contributed by atoms with Gasteiger partial charge in [-0.25, -0.2) is 0 Å². The van der Waals surface area contributed by atoms with Crippen molar-refractivity contribution in [3.63, 3.8) is 0 Å². The Kier molecular flexibility index (Phi) is 5.64. The lowest BCUT2D eigenvalue weighted by atomic mass is 10.1. The molecule has 2 aromatic carbocycles. The Bertz CT molecular complexity index is 793. The molecule has 0 saturated heterocycles. The Balaban J connectivity index is 2.21. The maximum atomic E-state index is 12.1. The zero-order valence-corrected chi connectivity index (χ0v) is 13.7. The molecule has 1 N–H and O–H groups in total.